The van der Waals surface area contributed by atoms with Crippen molar-refractivity contribution in [3.8, 4) is 0 Å². The minimum Gasteiger partial charge on any atom is -0.349 e. The molecule has 1 aliphatic carbocycles. The summed E-state index contributed by atoms with van der Waals surface area (Å²) in [5.74, 6) is 10.8. The van der Waals surface area contributed by atoms with E-state index in [-0.39, 0.29) is 106 Å². The molecule has 0 saturated heterocycles. The molecular formula is C90H188N4O14S4. The molecular weight excluding hydrogens is 1490 g/mol. The van der Waals surface area contributed by atoms with Crippen LogP contribution in [0.15, 0.2) is 12.2 Å². The summed E-state index contributed by atoms with van der Waals surface area (Å²) in [6, 6.07) is 0.865. The van der Waals surface area contributed by atoms with E-state index in [1.807, 2.05) is 158 Å². The fourth-order valence-corrected chi connectivity index (χ4v) is 16.8. The molecule has 676 valence electrons. The predicted octanol–water partition coefficient (Wildman–Crippen LogP) is 19.9. The molecule has 0 spiro atoms. The minimum absolute atomic E-state index is 0.0492. The van der Waals surface area contributed by atoms with Gasteiger partial charge in [0, 0.05) is 56.0 Å². The second kappa shape index (κ2) is 70.1. The van der Waals surface area contributed by atoms with Crippen molar-refractivity contribution in [2.75, 3.05) is 66.6 Å². The first-order valence-electron chi connectivity index (χ1n) is 42.9. The molecule has 22 heteroatoms. The Morgan fingerprint density at radius 2 is 0.732 bits per heavy atom. The first kappa shape index (κ1) is 127. The van der Waals surface area contributed by atoms with Crippen LogP contribution in [-0.2, 0) is 68.1 Å². The average Bonchev–Trinajstić information content (AvgIpc) is 1.66. The first-order chi connectivity index (χ1) is 50.3. The Bertz CT molecular complexity index is 2760. The van der Waals surface area contributed by atoms with Crippen LogP contribution in [0, 0.1) is 112 Å². The summed E-state index contributed by atoms with van der Waals surface area (Å²) in [4.78, 5) is 67.4. The van der Waals surface area contributed by atoms with Gasteiger partial charge in [-0.1, -0.05) is 276 Å². The smallest absolute Gasteiger partial charge is 0.222 e. The van der Waals surface area contributed by atoms with Gasteiger partial charge in [-0.2, -0.15) is 0 Å². The van der Waals surface area contributed by atoms with Crippen LogP contribution >= 0.6 is 0 Å². The van der Waals surface area contributed by atoms with Gasteiger partial charge in [0.05, 0.1) is 58.6 Å². The number of nitrogens with one attached hydrogen (secondary N) is 4. The molecule has 1 aliphatic rings. The maximum absolute atomic E-state index is 11.5. The number of ketones is 5. The Balaban J connectivity index is -0.000000151. The molecule has 4 N–H and O–H groups in total. The van der Waals surface area contributed by atoms with Gasteiger partial charge in [0.15, 0.2) is 50.9 Å². The molecule has 1 fully saturated rings. The monoisotopic (exact) mass is 1680 g/mol. The standard InChI is InChI=1S/C11H20O2.2C11H20O.C10H19NO2.C9H20O2S.C8H19NO2S.C8H19N.C8H18O2S.C7H17N.C7H16O2S/c1-8(2)5-10(12)7-11(13)6-9(3)4;1-7(2)5-11(12)10-6-9(10)8(3)4;1-9(2)8-10(12)6-7-11(3,4)5;1-7(2)5-9(12)6-11-10(13)8(3)4;1-8(2)5-6-12(10,11)7-9(3)4;1-7(2)5-12(10,11)6-9-8(3)4;1-7(2)5-9-6-8(3)4;1-7(2)5-11(9,10)6-8(3)4;1-6(2)5-8-7(3)4;1-6(2)5-10(8,9)7(3)4/h8-9H,5-7H2,1-4H3;7-10H,5-6H2,1-4H3;6-7,9H,8H2,1-5H3;7-8H,5-6H2,1-4H3,(H,11,13);8-9H,5-7H2,1-4H3;7-9H,5-6H2,1-4H3;7-9H,5-6H2,1-4H3;7-8H,5-6H2,1-4H3;6-8H,5H2,1-4H3;6-7H,5H2,1-4H3/b;;7-6+;;;;;;;. The van der Waals surface area contributed by atoms with Crippen molar-refractivity contribution in [3.63, 3.8) is 0 Å². The van der Waals surface area contributed by atoms with Gasteiger partial charge in [0.1, 0.15) is 17.3 Å². The van der Waals surface area contributed by atoms with Crippen molar-refractivity contribution in [2.45, 2.75) is 353 Å². The Hall–Kier alpha value is -2.76. The molecule has 1 saturated carbocycles. The van der Waals surface area contributed by atoms with E-state index in [9.17, 15) is 62.4 Å². The minimum atomic E-state index is -2.89. The third-order valence-electron chi connectivity index (χ3n) is 14.8. The molecule has 0 aromatic carbocycles. The lowest BCUT2D eigenvalue weighted by Crippen LogP contribution is -2.32. The van der Waals surface area contributed by atoms with Crippen LogP contribution < -0.4 is 21.3 Å². The number of carbonyl (C=O) groups is 6. The molecule has 2 unspecified atom stereocenters. The normalized spacial score (nSPS) is 13.8. The van der Waals surface area contributed by atoms with Gasteiger partial charge < -0.3 is 21.3 Å². The Kier molecular flexibility index (Phi) is 79.7. The molecule has 0 bridgehead atoms. The zero-order valence-electron chi connectivity index (χ0n) is 80.6. The first-order valence-corrected chi connectivity index (χ1v) is 50.0. The lowest BCUT2D eigenvalue weighted by atomic mass is 9.95. The van der Waals surface area contributed by atoms with E-state index < -0.39 is 39.3 Å². The van der Waals surface area contributed by atoms with Crippen LogP contribution in [0.1, 0.15) is 335 Å². The number of hydrogen-bond donors (Lipinski definition) is 4. The summed E-state index contributed by atoms with van der Waals surface area (Å²) in [6.45, 7) is 86.6. The Labute approximate surface area is 696 Å². The van der Waals surface area contributed by atoms with Crippen LogP contribution in [0.2, 0.25) is 0 Å². The third kappa shape index (κ3) is 111. The fourth-order valence-electron chi connectivity index (χ4n) is 9.62. The summed E-state index contributed by atoms with van der Waals surface area (Å²) in [7, 11) is -11.2. The fraction of sp³-hybridized carbons (Fsp3) is 0.911. The summed E-state index contributed by atoms with van der Waals surface area (Å²) >= 11 is 0. The molecule has 1 rings (SSSR count). The summed E-state index contributed by atoms with van der Waals surface area (Å²) in [5.41, 5.74) is 0.118. The van der Waals surface area contributed by atoms with Gasteiger partial charge in [0.2, 0.25) is 5.91 Å². The van der Waals surface area contributed by atoms with E-state index in [4.69, 9.17) is 0 Å². The van der Waals surface area contributed by atoms with Crippen molar-refractivity contribution in [3.05, 3.63) is 12.2 Å². The van der Waals surface area contributed by atoms with Gasteiger partial charge in [-0.3, -0.25) is 28.8 Å². The highest BCUT2D eigenvalue weighted by atomic mass is 32.2. The Morgan fingerprint density at radius 3 is 1.00 bits per heavy atom. The van der Waals surface area contributed by atoms with E-state index in [2.05, 4.69) is 139 Å². The van der Waals surface area contributed by atoms with Crippen LogP contribution in [0.25, 0.3) is 0 Å². The lowest BCUT2D eigenvalue weighted by molar-refractivity contribution is -0.128. The molecule has 112 heavy (non-hydrogen) atoms. The number of Topliss-reactive ketones (excluding diaryl/α,β-unsaturated/α-hetero) is 4. The molecule has 0 aromatic heterocycles. The van der Waals surface area contributed by atoms with Crippen LogP contribution in [0.3, 0.4) is 0 Å². The van der Waals surface area contributed by atoms with E-state index >= 15 is 0 Å². The molecule has 0 aliphatic heterocycles. The Morgan fingerprint density at radius 1 is 0.384 bits per heavy atom. The van der Waals surface area contributed by atoms with Crippen molar-refractivity contribution in [1.82, 2.24) is 21.3 Å². The van der Waals surface area contributed by atoms with Crippen LogP contribution in [-0.4, -0.2) is 152 Å². The number of hydrogen-bond acceptors (Lipinski definition) is 17. The number of amides is 1. The third-order valence-corrected chi connectivity index (χ3v) is 23.5. The highest BCUT2D eigenvalue weighted by Gasteiger charge is 2.43. The van der Waals surface area contributed by atoms with Crippen molar-refractivity contribution in [1.29, 1.82) is 0 Å². The summed E-state index contributed by atoms with van der Waals surface area (Å²) in [6.07, 6.45) is 8.80. The second-order valence-corrected chi connectivity index (χ2v) is 48.7. The SMILES string of the molecule is CC(C)CC(=O)/C=C/C(C)(C)C.CC(C)CC(=O)C1CC1C(C)C.CC(C)CC(=O)CC(=O)CC(C)C.CC(C)CC(=O)CNC(=O)C(C)C.CC(C)CCS(=O)(=O)CC(C)C.CC(C)CNC(C)C.CC(C)CNCC(C)C.CC(C)CS(=O)(=O)C(C)C.CC(C)CS(=O)(=O)CC(C)C.CC(C)CS(=O)(=O)CNC(C)C. The molecule has 18 nitrogen and oxygen atoms in total. The zero-order valence-corrected chi connectivity index (χ0v) is 83.8. The van der Waals surface area contributed by atoms with Gasteiger partial charge >= 0.3 is 0 Å². The zero-order chi connectivity index (χ0) is 90.8. The maximum Gasteiger partial charge on any atom is 0.222 e. The van der Waals surface area contributed by atoms with Crippen LogP contribution in [0.5, 0.6) is 0 Å². The summed E-state index contributed by atoms with van der Waals surface area (Å²) < 4.78 is 90.0. The van der Waals surface area contributed by atoms with Gasteiger partial charge in [-0.05, 0) is 153 Å². The lowest BCUT2D eigenvalue weighted by Gasteiger charge is -2.10. The highest BCUT2D eigenvalue weighted by molar-refractivity contribution is 7.92. The second-order valence-electron chi connectivity index (χ2n) is 39.6. The van der Waals surface area contributed by atoms with Crippen molar-refractivity contribution < 1.29 is 62.4 Å². The molecule has 0 heterocycles. The van der Waals surface area contributed by atoms with Gasteiger partial charge in [-0.25, -0.2) is 33.7 Å². The topological polar surface area (TPSA) is 287 Å². The quantitative estimate of drug-likeness (QED) is 0.0326. The van der Waals surface area contributed by atoms with E-state index in [1.165, 1.54) is 0 Å². The van der Waals surface area contributed by atoms with Gasteiger partial charge in [0.25, 0.3) is 0 Å². The molecule has 0 radical (unpaired) electrons. The van der Waals surface area contributed by atoms with Crippen molar-refractivity contribution >= 4 is 74.2 Å². The molecule has 2 atom stereocenters. The molecule has 1 amide bonds. The number of carbonyl (C=O) groups excluding carboxylic acids is 6. The van der Waals surface area contributed by atoms with E-state index in [0.717, 1.165) is 56.7 Å². The van der Waals surface area contributed by atoms with Crippen LogP contribution in [0.4, 0.5) is 0 Å². The average molecular weight is 1680 g/mol. The predicted molar refractivity (Wildman–Crippen MR) is 487 cm³/mol. The largest absolute Gasteiger partial charge is 0.349 e. The number of allylic oxidation sites excluding steroid dienone is 2. The number of rotatable bonds is 42. The maximum atomic E-state index is 11.5. The van der Waals surface area contributed by atoms with Gasteiger partial charge in [-0.15, -0.1) is 0 Å². The van der Waals surface area contributed by atoms with Crippen molar-refractivity contribution in [2.24, 2.45) is 112 Å². The van der Waals surface area contributed by atoms with E-state index in [1.54, 1.807) is 19.9 Å². The van der Waals surface area contributed by atoms with E-state index in [0.29, 0.717) is 120 Å². The summed E-state index contributed by atoms with van der Waals surface area (Å²) in [5, 5.41) is 12.0. The molecule has 0 aromatic rings. The highest BCUT2D eigenvalue weighted by Crippen LogP contribution is 2.45. The number of sulfone groups is 4.